The summed E-state index contributed by atoms with van der Waals surface area (Å²) in [4.78, 5) is 4.42. The number of benzene rings is 1. The molecule has 1 saturated heterocycles. The average Bonchev–Trinajstić information content (AvgIpc) is 3.01. The van der Waals surface area contributed by atoms with Crippen molar-refractivity contribution in [2.75, 3.05) is 6.54 Å². The number of aromatic hydroxyl groups is 1. The van der Waals surface area contributed by atoms with E-state index >= 15 is 0 Å². The third kappa shape index (κ3) is 1.14. The van der Waals surface area contributed by atoms with E-state index in [0.717, 1.165) is 17.6 Å². The minimum atomic E-state index is 0.255. The fraction of sp³-hybridized carbons (Fsp3) is 0.182. The zero-order chi connectivity index (χ0) is 9.54. The molecule has 0 amide bonds. The van der Waals surface area contributed by atoms with Gasteiger partial charge in [-0.25, -0.2) is 4.98 Å². The molecule has 1 aromatic heterocycles. The Morgan fingerprint density at radius 3 is 2.93 bits per heavy atom. The Morgan fingerprint density at radius 1 is 1.29 bits per heavy atom. The highest BCUT2D eigenvalue weighted by Crippen LogP contribution is 2.26. The Labute approximate surface area is 81.4 Å². The van der Waals surface area contributed by atoms with Crippen molar-refractivity contribution >= 4 is 10.9 Å². The van der Waals surface area contributed by atoms with Crippen molar-refractivity contribution in [2.45, 2.75) is 6.04 Å². The molecule has 2 N–H and O–H groups in total. The summed E-state index contributed by atoms with van der Waals surface area (Å²) in [5.41, 5.74) is 1.71. The highest BCUT2D eigenvalue weighted by Gasteiger charge is 2.23. The molecule has 3 heteroatoms. The Morgan fingerprint density at radius 2 is 2.14 bits per heavy atom. The van der Waals surface area contributed by atoms with Gasteiger partial charge in [0, 0.05) is 11.9 Å². The van der Waals surface area contributed by atoms with Crippen LogP contribution in [0, 0.1) is 0 Å². The lowest BCUT2D eigenvalue weighted by Crippen LogP contribution is -1.90. The van der Waals surface area contributed by atoms with Crippen molar-refractivity contribution in [3.8, 4) is 5.75 Å². The van der Waals surface area contributed by atoms with Gasteiger partial charge in [0.2, 0.25) is 0 Å². The van der Waals surface area contributed by atoms with Gasteiger partial charge in [-0.15, -0.1) is 0 Å². The molecule has 0 unspecified atom stereocenters. The molecule has 1 aliphatic rings. The second-order valence-corrected chi connectivity index (χ2v) is 3.55. The van der Waals surface area contributed by atoms with Crippen LogP contribution in [0.3, 0.4) is 0 Å². The maximum absolute atomic E-state index is 9.61. The van der Waals surface area contributed by atoms with E-state index in [4.69, 9.17) is 0 Å². The standard InChI is InChI=1S/C11H10N2O/c14-10-3-1-2-7-4-5-8(9-6-12-9)13-11(7)10/h1-5,9,12,14H,6H2/t9-/m1/s1. The van der Waals surface area contributed by atoms with Gasteiger partial charge in [0.1, 0.15) is 11.3 Å². The number of phenolic OH excluding ortho intramolecular Hbond substituents is 1. The first kappa shape index (κ1) is 7.76. The number of para-hydroxylation sites is 1. The van der Waals surface area contributed by atoms with E-state index in [1.165, 1.54) is 0 Å². The largest absolute Gasteiger partial charge is 0.506 e. The van der Waals surface area contributed by atoms with E-state index in [9.17, 15) is 5.11 Å². The van der Waals surface area contributed by atoms with Crippen LogP contribution in [0.15, 0.2) is 30.3 Å². The van der Waals surface area contributed by atoms with Crippen LogP contribution in [0.25, 0.3) is 10.9 Å². The van der Waals surface area contributed by atoms with E-state index in [1.807, 2.05) is 24.3 Å². The Bertz CT molecular complexity index is 492. The Kier molecular flexibility index (Phi) is 1.49. The predicted molar refractivity (Wildman–Crippen MR) is 54.2 cm³/mol. The van der Waals surface area contributed by atoms with Crippen LogP contribution in [0.2, 0.25) is 0 Å². The SMILES string of the molecule is Oc1cccc2ccc([C@H]3CN3)nc12. The van der Waals surface area contributed by atoms with E-state index in [0.29, 0.717) is 11.6 Å². The summed E-state index contributed by atoms with van der Waals surface area (Å²) in [5, 5.41) is 13.8. The number of nitrogens with zero attached hydrogens (tertiary/aromatic N) is 1. The smallest absolute Gasteiger partial charge is 0.141 e. The number of nitrogens with one attached hydrogen (secondary N) is 1. The normalized spacial score (nSPS) is 19.9. The topological polar surface area (TPSA) is 55.1 Å². The minimum absolute atomic E-state index is 0.255. The van der Waals surface area contributed by atoms with Gasteiger partial charge >= 0.3 is 0 Å². The van der Waals surface area contributed by atoms with Gasteiger partial charge in [0.25, 0.3) is 0 Å². The lowest BCUT2D eigenvalue weighted by molar-refractivity contribution is 0.480. The van der Waals surface area contributed by atoms with Gasteiger partial charge in [-0.3, -0.25) is 0 Å². The maximum atomic E-state index is 9.61. The number of hydrogen-bond acceptors (Lipinski definition) is 3. The second kappa shape index (κ2) is 2.69. The molecule has 0 bridgehead atoms. The summed E-state index contributed by atoms with van der Waals surface area (Å²) in [5.74, 6) is 0.255. The predicted octanol–water partition coefficient (Wildman–Crippen LogP) is 1.58. The van der Waals surface area contributed by atoms with Gasteiger partial charge in [-0.1, -0.05) is 18.2 Å². The first-order chi connectivity index (χ1) is 6.84. The van der Waals surface area contributed by atoms with Crippen LogP contribution in [0.4, 0.5) is 0 Å². The summed E-state index contributed by atoms with van der Waals surface area (Å²) in [6.07, 6.45) is 0. The molecule has 14 heavy (non-hydrogen) atoms. The molecule has 0 radical (unpaired) electrons. The molecular weight excluding hydrogens is 176 g/mol. The number of pyridine rings is 1. The van der Waals surface area contributed by atoms with Crippen molar-refractivity contribution in [2.24, 2.45) is 0 Å². The number of hydrogen-bond donors (Lipinski definition) is 2. The Balaban J connectivity index is 2.25. The molecule has 1 fully saturated rings. The van der Waals surface area contributed by atoms with E-state index < -0.39 is 0 Å². The first-order valence-corrected chi connectivity index (χ1v) is 4.66. The van der Waals surface area contributed by atoms with E-state index in [1.54, 1.807) is 6.07 Å². The van der Waals surface area contributed by atoms with Gasteiger partial charge in [-0.05, 0) is 12.1 Å². The van der Waals surface area contributed by atoms with Crippen molar-refractivity contribution in [3.63, 3.8) is 0 Å². The van der Waals surface area contributed by atoms with Gasteiger partial charge in [0.15, 0.2) is 0 Å². The lowest BCUT2D eigenvalue weighted by atomic mass is 10.1. The average molecular weight is 186 g/mol. The Hall–Kier alpha value is -1.61. The monoisotopic (exact) mass is 186 g/mol. The van der Waals surface area contributed by atoms with Crippen molar-refractivity contribution < 1.29 is 5.11 Å². The number of aromatic nitrogens is 1. The quantitative estimate of drug-likeness (QED) is 0.665. The van der Waals surface area contributed by atoms with Gasteiger partial charge in [-0.2, -0.15) is 0 Å². The molecule has 0 aliphatic carbocycles. The van der Waals surface area contributed by atoms with Crippen LogP contribution >= 0.6 is 0 Å². The molecule has 2 heterocycles. The summed E-state index contributed by atoms with van der Waals surface area (Å²) in [7, 11) is 0. The summed E-state index contributed by atoms with van der Waals surface area (Å²) < 4.78 is 0. The summed E-state index contributed by atoms with van der Waals surface area (Å²) in [6.45, 7) is 0.992. The maximum Gasteiger partial charge on any atom is 0.141 e. The number of phenols is 1. The summed E-state index contributed by atoms with van der Waals surface area (Å²) >= 11 is 0. The van der Waals surface area contributed by atoms with Crippen molar-refractivity contribution in [1.82, 2.24) is 10.3 Å². The van der Waals surface area contributed by atoms with Crippen LogP contribution in [-0.2, 0) is 0 Å². The molecule has 0 saturated carbocycles. The minimum Gasteiger partial charge on any atom is -0.506 e. The van der Waals surface area contributed by atoms with Crippen LogP contribution < -0.4 is 5.32 Å². The van der Waals surface area contributed by atoms with Crippen LogP contribution in [-0.4, -0.2) is 16.6 Å². The van der Waals surface area contributed by atoms with Crippen LogP contribution in [0.5, 0.6) is 5.75 Å². The number of rotatable bonds is 1. The molecule has 3 nitrogen and oxygen atoms in total. The molecule has 0 spiro atoms. The molecular formula is C11H10N2O. The fourth-order valence-electron chi connectivity index (χ4n) is 1.61. The number of fused-ring (bicyclic) bond motifs is 1. The molecule has 1 atom stereocenters. The molecule has 1 aromatic carbocycles. The molecule has 1 aliphatic heterocycles. The zero-order valence-electron chi connectivity index (χ0n) is 7.57. The third-order valence-corrected chi connectivity index (χ3v) is 2.49. The lowest BCUT2D eigenvalue weighted by Gasteiger charge is -2.02. The van der Waals surface area contributed by atoms with Gasteiger partial charge < -0.3 is 10.4 Å². The summed E-state index contributed by atoms with van der Waals surface area (Å²) in [6, 6.07) is 9.84. The zero-order valence-corrected chi connectivity index (χ0v) is 7.57. The van der Waals surface area contributed by atoms with Crippen LogP contribution in [0.1, 0.15) is 11.7 Å². The highest BCUT2D eigenvalue weighted by molar-refractivity contribution is 5.84. The van der Waals surface area contributed by atoms with E-state index in [-0.39, 0.29) is 5.75 Å². The van der Waals surface area contributed by atoms with Crippen molar-refractivity contribution in [1.29, 1.82) is 0 Å². The third-order valence-electron chi connectivity index (χ3n) is 2.49. The van der Waals surface area contributed by atoms with E-state index in [2.05, 4.69) is 10.3 Å². The molecule has 3 rings (SSSR count). The second-order valence-electron chi connectivity index (χ2n) is 3.55. The fourth-order valence-corrected chi connectivity index (χ4v) is 1.61. The molecule has 70 valence electrons. The highest BCUT2D eigenvalue weighted by atomic mass is 16.3. The van der Waals surface area contributed by atoms with Gasteiger partial charge in [0.05, 0.1) is 11.7 Å². The van der Waals surface area contributed by atoms with Crippen molar-refractivity contribution in [3.05, 3.63) is 36.0 Å². The molecule has 2 aromatic rings. The first-order valence-electron chi connectivity index (χ1n) is 4.66.